The van der Waals surface area contributed by atoms with Crippen molar-refractivity contribution < 1.29 is 0 Å². The molecule has 1 heteroatoms. The van der Waals surface area contributed by atoms with Crippen LogP contribution >= 0.6 is 0 Å². The summed E-state index contributed by atoms with van der Waals surface area (Å²) in [5, 5.41) is 1.39. The average Bonchev–Trinajstić information content (AvgIpc) is 2.55. The zero-order valence-electron chi connectivity index (χ0n) is 8.22. The number of benzene rings is 1. The molecule has 1 nitrogen and oxygen atoms in total. The molecule has 2 rings (SSSR count). The third kappa shape index (κ3) is 1.24. The van der Waals surface area contributed by atoms with Crippen molar-refractivity contribution in [3.8, 4) is 0 Å². The fourth-order valence-corrected chi connectivity index (χ4v) is 1.96. The summed E-state index contributed by atoms with van der Waals surface area (Å²) in [7, 11) is 0. The van der Waals surface area contributed by atoms with Gasteiger partial charge >= 0.3 is 0 Å². The van der Waals surface area contributed by atoms with Crippen molar-refractivity contribution in [3.63, 3.8) is 0 Å². The van der Waals surface area contributed by atoms with Crippen molar-refractivity contribution in [1.82, 2.24) is 4.98 Å². The molecular weight excluding hydrogens is 158 g/mol. The maximum Gasteiger partial charge on any atom is 0.0458 e. The van der Waals surface area contributed by atoms with Gasteiger partial charge in [-0.1, -0.05) is 32.0 Å². The van der Waals surface area contributed by atoms with Crippen molar-refractivity contribution in [2.75, 3.05) is 0 Å². The van der Waals surface area contributed by atoms with Gasteiger partial charge in [-0.2, -0.15) is 0 Å². The molecule has 1 heterocycles. The van der Waals surface area contributed by atoms with Crippen LogP contribution in [0.2, 0.25) is 0 Å². The van der Waals surface area contributed by atoms with Crippen molar-refractivity contribution >= 4 is 10.9 Å². The summed E-state index contributed by atoms with van der Waals surface area (Å²) in [6.45, 7) is 4.42. The Bertz CT molecular complexity index is 412. The summed E-state index contributed by atoms with van der Waals surface area (Å²) < 4.78 is 0. The molecule has 0 amide bonds. The molecule has 68 valence electrons. The zero-order valence-corrected chi connectivity index (χ0v) is 8.22. The molecule has 0 fully saturated rings. The van der Waals surface area contributed by atoms with E-state index in [2.05, 4.69) is 43.1 Å². The van der Waals surface area contributed by atoms with Crippen LogP contribution in [-0.4, -0.2) is 4.98 Å². The number of fused-ring (bicyclic) bond motifs is 1. The van der Waals surface area contributed by atoms with E-state index >= 15 is 0 Å². The highest BCUT2D eigenvalue weighted by atomic mass is 14.7. The summed E-state index contributed by atoms with van der Waals surface area (Å²) >= 11 is 0. The molecule has 0 atom stereocenters. The molecule has 0 saturated heterocycles. The Balaban J connectivity index is 2.73. The average molecular weight is 173 g/mol. The van der Waals surface area contributed by atoms with E-state index in [4.69, 9.17) is 0 Å². The minimum absolute atomic E-state index is 1.10. The predicted molar refractivity (Wildman–Crippen MR) is 57.1 cm³/mol. The fourth-order valence-electron chi connectivity index (χ4n) is 1.96. The molecule has 0 saturated carbocycles. The van der Waals surface area contributed by atoms with E-state index in [1.165, 1.54) is 22.2 Å². The van der Waals surface area contributed by atoms with Crippen LogP contribution in [0.3, 0.4) is 0 Å². The molecule has 0 spiro atoms. The van der Waals surface area contributed by atoms with Gasteiger partial charge in [0.1, 0.15) is 0 Å². The number of H-pyrrole nitrogens is 1. The molecule has 1 N–H and O–H groups in total. The smallest absolute Gasteiger partial charge is 0.0458 e. The zero-order chi connectivity index (χ0) is 9.26. The maximum atomic E-state index is 3.46. The van der Waals surface area contributed by atoms with Crippen LogP contribution in [0.1, 0.15) is 25.1 Å². The van der Waals surface area contributed by atoms with E-state index < -0.39 is 0 Å². The Morgan fingerprint density at radius 1 is 1.08 bits per heavy atom. The van der Waals surface area contributed by atoms with E-state index in [1.54, 1.807) is 0 Å². The highest BCUT2D eigenvalue weighted by molar-refractivity contribution is 5.84. The molecule has 0 aliphatic heterocycles. The third-order valence-corrected chi connectivity index (χ3v) is 2.61. The number of hydrogen-bond donors (Lipinski definition) is 1. The monoisotopic (exact) mass is 173 g/mol. The van der Waals surface area contributed by atoms with Crippen LogP contribution in [0.25, 0.3) is 10.9 Å². The number of aromatic nitrogens is 1. The highest BCUT2D eigenvalue weighted by Crippen LogP contribution is 2.22. The van der Waals surface area contributed by atoms with Gasteiger partial charge in [0.25, 0.3) is 0 Å². The van der Waals surface area contributed by atoms with Crippen molar-refractivity contribution in [1.29, 1.82) is 0 Å². The van der Waals surface area contributed by atoms with Gasteiger partial charge in [-0.25, -0.2) is 0 Å². The highest BCUT2D eigenvalue weighted by Gasteiger charge is 2.06. The van der Waals surface area contributed by atoms with Gasteiger partial charge < -0.3 is 4.98 Å². The summed E-state index contributed by atoms with van der Waals surface area (Å²) in [6.07, 6.45) is 2.21. The lowest BCUT2D eigenvalue weighted by Gasteiger charge is -1.96. The van der Waals surface area contributed by atoms with Crippen LogP contribution < -0.4 is 0 Å². The predicted octanol–water partition coefficient (Wildman–Crippen LogP) is 3.29. The number of rotatable bonds is 2. The van der Waals surface area contributed by atoms with E-state index in [9.17, 15) is 0 Å². The first-order valence-electron chi connectivity index (χ1n) is 4.95. The molecular formula is C12H15N. The fraction of sp³-hybridized carbons (Fsp3) is 0.333. The molecule has 0 aliphatic carbocycles. The summed E-state index contributed by atoms with van der Waals surface area (Å²) in [5.74, 6) is 0. The summed E-state index contributed by atoms with van der Waals surface area (Å²) in [4.78, 5) is 3.46. The Morgan fingerprint density at radius 2 is 1.85 bits per heavy atom. The van der Waals surface area contributed by atoms with Crippen LogP contribution in [-0.2, 0) is 12.8 Å². The number of hydrogen-bond acceptors (Lipinski definition) is 0. The first-order chi connectivity index (χ1) is 6.36. The van der Waals surface area contributed by atoms with E-state index in [1.807, 2.05) is 0 Å². The molecule has 0 unspecified atom stereocenters. The second kappa shape index (κ2) is 3.25. The summed E-state index contributed by atoms with van der Waals surface area (Å²) in [5.41, 5.74) is 4.15. The van der Waals surface area contributed by atoms with Crippen molar-refractivity contribution in [3.05, 3.63) is 35.5 Å². The van der Waals surface area contributed by atoms with Gasteiger partial charge in [0.05, 0.1) is 0 Å². The summed E-state index contributed by atoms with van der Waals surface area (Å²) in [6, 6.07) is 8.53. The number of aromatic amines is 1. The van der Waals surface area contributed by atoms with E-state index in [0.717, 1.165) is 12.8 Å². The topological polar surface area (TPSA) is 15.8 Å². The first-order valence-corrected chi connectivity index (χ1v) is 4.95. The lowest BCUT2D eigenvalue weighted by Crippen LogP contribution is -1.86. The largest absolute Gasteiger partial charge is 0.358 e. The number of nitrogens with one attached hydrogen (secondary N) is 1. The van der Waals surface area contributed by atoms with Gasteiger partial charge in [-0.3, -0.25) is 0 Å². The van der Waals surface area contributed by atoms with Gasteiger partial charge in [-0.05, 0) is 24.5 Å². The second-order valence-corrected chi connectivity index (χ2v) is 3.33. The minimum atomic E-state index is 1.10. The Morgan fingerprint density at radius 3 is 2.54 bits per heavy atom. The van der Waals surface area contributed by atoms with E-state index in [-0.39, 0.29) is 0 Å². The Kier molecular flexibility index (Phi) is 2.09. The first kappa shape index (κ1) is 8.36. The van der Waals surface area contributed by atoms with Crippen LogP contribution in [0.5, 0.6) is 0 Å². The molecule has 1 aromatic heterocycles. The SMILES string of the molecule is CCc1[nH]c2ccccc2c1CC. The maximum absolute atomic E-state index is 3.46. The number of aryl methyl sites for hydroxylation is 2. The molecule has 0 bridgehead atoms. The molecule has 0 aliphatic rings. The van der Waals surface area contributed by atoms with Crippen LogP contribution in [0.15, 0.2) is 24.3 Å². The minimum Gasteiger partial charge on any atom is -0.358 e. The standard InChI is InChI=1S/C12H15N/c1-3-9-10-7-5-6-8-12(10)13-11(9)4-2/h5-8,13H,3-4H2,1-2H3. The van der Waals surface area contributed by atoms with Gasteiger partial charge in [0, 0.05) is 16.6 Å². The Hall–Kier alpha value is -1.24. The van der Waals surface area contributed by atoms with E-state index in [0.29, 0.717) is 0 Å². The van der Waals surface area contributed by atoms with Gasteiger partial charge in [-0.15, -0.1) is 0 Å². The van der Waals surface area contributed by atoms with Gasteiger partial charge in [0.2, 0.25) is 0 Å². The van der Waals surface area contributed by atoms with Crippen molar-refractivity contribution in [2.24, 2.45) is 0 Å². The van der Waals surface area contributed by atoms with Crippen LogP contribution in [0.4, 0.5) is 0 Å². The molecule has 2 aromatic rings. The van der Waals surface area contributed by atoms with Crippen LogP contribution in [0, 0.1) is 0 Å². The quantitative estimate of drug-likeness (QED) is 0.717. The second-order valence-electron chi connectivity index (χ2n) is 3.33. The Labute approximate surface area is 78.8 Å². The molecule has 0 radical (unpaired) electrons. The lowest BCUT2D eigenvalue weighted by atomic mass is 10.1. The third-order valence-electron chi connectivity index (χ3n) is 2.61. The molecule has 13 heavy (non-hydrogen) atoms. The van der Waals surface area contributed by atoms with Crippen molar-refractivity contribution in [2.45, 2.75) is 26.7 Å². The number of para-hydroxylation sites is 1. The lowest BCUT2D eigenvalue weighted by molar-refractivity contribution is 1.01. The molecule has 1 aromatic carbocycles. The normalized spacial score (nSPS) is 10.9. The van der Waals surface area contributed by atoms with Gasteiger partial charge in [0.15, 0.2) is 0 Å².